The van der Waals surface area contributed by atoms with E-state index in [9.17, 15) is 31.5 Å². The average Bonchev–Trinajstić information content (AvgIpc) is 3.75. The van der Waals surface area contributed by atoms with Crippen LogP contribution in [-0.4, -0.2) is 33.6 Å². The largest absolute Gasteiger partial charge is 0.497 e. The number of nitrogens with zero attached hydrogens (tertiary/aromatic N) is 3. The fourth-order valence-electron chi connectivity index (χ4n) is 6.53. The molecule has 0 spiro atoms. The normalized spacial score (nSPS) is 15.5. The number of aromatic nitrogens is 2. The summed E-state index contributed by atoms with van der Waals surface area (Å²) in [5.41, 5.74) is 1.62. The van der Waals surface area contributed by atoms with Gasteiger partial charge in [0.2, 0.25) is 0 Å². The van der Waals surface area contributed by atoms with Crippen LogP contribution in [0.5, 0.6) is 5.75 Å². The molecule has 1 atom stereocenters. The molecule has 2 heterocycles. The van der Waals surface area contributed by atoms with E-state index >= 15 is 0 Å². The molecule has 7 nitrogen and oxygen atoms in total. The first kappa shape index (κ1) is 34.0. The summed E-state index contributed by atoms with van der Waals surface area (Å²) in [5.74, 6) is -0.259. The van der Waals surface area contributed by atoms with E-state index in [4.69, 9.17) is 16.3 Å². The van der Waals surface area contributed by atoms with Crippen LogP contribution in [0.15, 0.2) is 79.1 Å². The summed E-state index contributed by atoms with van der Waals surface area (Å²) in [6.07, 6.45) is 0.507. The van der Waals surface area contributed by atoms with Crippen molar-refractivity contribution in [3.63, 3.8) is 0 Å². The number of halogens is 6. The van der Waals surface area contributed by atoms with Crippen molar-refractivity contribution in [2.24, 2.45) is 0 Å². The van der Waals surface area contributed by atoms with Gasteiger partial charge in [-0.15, -0.1) is 0 Å². The van der Waals surface area contributed by atoms with Gasteiger partial charge in [-0.3, -0.25) is 9.48 Å². The highest BCUT2D eigenvalue weighted by Crippen LogP contribution is 2.52. The Balaban J connectivity index is 1.45. The second-order valence-electron chi connectivity index (χ2n) is 12.5. The molecule has 51 heavy (non-hydrogen) atoms. The number of amides is 1. The Morgan fingerprint density at radius 2 is 1.76 bits per heavy atom. The topological polar surface area (TPSA) is 76.5 Å². The Hall–Kier alpha value is -5.45. The van der Waals surface area contributed by atoms with Gasteiger partial charge >= 0.3 is 6.18 Å². The first-order chi connectivity index (χ1) is 24.4. The lowest BCUT2D eigenvalue weighted by molar-refractivity contribution is -0.137. The van der Waals surface area contributed by atoms with Crippen molar-refractivity contribution in [1.29, 1.82) is 0 Å². The van der Waals surface area contributed by atoms with Crippen molar-refractivity contribution in [3.8, 4) is 16.9 Å². The minimum Gasteiger partial charge on any atom is -0.497 e. The van der Waals surface area contributed by atoms with Crippen LogP contribution in [0.3, 0.4) is 0 Å². The number of hydrogen-bond donors (Lipinski definition) is 1. The van der Waals surface area contributed by atoms with Gasteiger partial charge in [0.1, 0.15) is 23.1 Å². The maximum Gasteiger partial charge on any atom is 0.416 e. The molecule has 1 fully saturated rings. The summed E-state index contributed by atoms with van der Waals surface area (Å²) in [6, 6.07) is 13.4. The van der Waals surface area contributed by atoms with E-state index in [-0.39, 0.29) is 34.6 Å². The van der Waals surface area contributed by atoms with E-state index in [2.05, 4.69) is 10.4 Å². The van der Waals surface area contributed by atoms with Crippen molar-refractivity contribution in [2.45, 2.75) is 44.6 Å². The highest BCUT2D eigenvalue weighted by Gasteiger charge is 2.41. The Bertz CT molecular complexity index is 2240. The van der Waals surface area contributed by atoms with Crippen LogP contribution in [0.25, 0.3) is 16.8 Å². The first-order valence-electron chi connectivity index (χ1n) is 15.9. The third kappa shape index (κ3) is 6.48. The van der Waals surface area contributed by atoms with E-state index in [0.29, 0.717) is 51.8 Å². The zero-order chi connectivity index (χ0) is 36.2. The zero-order valence-corrected chi connectivity index (χ0v) is 27.9. The number of anilines is 1. The molecule has 260 valence electrons. The molecular formula is C38H28ClF5N4O3. The molecule has 1 saturated carbocycles. The molecule has 1 amide bonds. The summed E-state index contributed by atoms with van der Waals surface area (Å²) in [7, 11) is 1.53. The van der Waals surface area contributed by atoms with Crippen molar-refractivity contribution < 1.29 is 36.3 Å². The van der Waals surface area contributed by atoms with Gasteiger partial charge in [0.25, 0.3) is 5.91 Å². The molecule has 1 unspecified atom stereocenters. The molecule has 0 saturated heterocycles. The lowest BCUT2D eigenvalue weighted by atomic mass is 9.89. The van der Waals surface area contributed by atoms with Gasteiger partial charge in [-0.1, -0.05) is 23.7 Å². The molecule has 0 radical (unpaired) electrons. The molecule has 1 aliphatic carbocycles. The fourth-order valence-corrected chi connectivity index (χ4v) is 6.75. The highest BCUT2D eigenvalue weighted by atomic mass is 35.5. The van der Waals surface area contributed by atoms with Crippen LogP contribution in [0.1, 0.15) is 68.7 Å². The predicted octanol–water partition coefficient (Wildman–Crippen LogP) is 9.18. The molecule has 1 aliphatic heterocycles. The second kappa shape index (κ2) is 13.0. The number of carbonyl (C=O) groups excluding carboxylic acids is 2. The lowest BCUT2D eigenvalue weighted by Gasteiger charge is -2.29. The summed E-state index contributed by atoms with van der Waals surface area (Å²) in [6.45, 7) is 1.80. The molecule has 1 aromatic heterocycles. The minimum atomic E-state index is -4.92. The zero-order valence-electron chi connectivity index (χ0n) is 27.1. The van der Waals surface area contributed by atoms with E-state index in [1.54, 1.807) is 48.4 Å². The molecule has 1 N–H and O–H groups in total. The number of benzene rings is 4. The second-order valence-corrected chi connectivity index (χ2v) is 12.9. The molecule has 0 bridgehead atoms. The van der Waals surface area contributed by atoms with Crippen LogP contribution < -0.4 is 10.1 Å². The third-order valence-corrected chi connectivity index (χ3v) is 9.52. The molecule has 4 aromatic carbocycles. The summed E-state index contributed by atoms with van der Waals surface area (Å²) in [5, 5.41) is 7.39. The smallest absolute Gasteiger partial charge is 0.416 e. The Morgan fingerprint density at radius 1 is 1.02 bits per heavy atom. The van der Waals surface area contributed by atoms with Crippen LogP contribution >= 0.6 is 11.6 Å². The van der Waals surface area contributed by atoms with E-state index in [1.165, 1.54) is 25.3 Å². The monoisotopic (exact) mass is 718 g/mol. The van der Waals surface area contributed by atoms with Crippen LogP contribution in [0, 0.1) is 18.6 Å². The van der Waals surface area contributed by atoms with E-state index in [0.717, 1.165) is 18.4 Å². The molecule has 5 aromatic rings. The van der Waals surface area contributed by atoms with Crippen molar-refractivity contribution >= 4 is 34.8 Å². The van der Waals surface area contributed by atoms with Crippen molar-refractivity contribution in [1.82, 2.24) is 14.7 Å². The summed E-state index contributed by atoms with van der Waals surface area (Å²) >= 11 is 6.71. The van der Waals surface area contributed by atoms with Crippen LogP contribution in [-0.2, 0) is 17.5 Å². The number of nitrogens with one attached hydrogen (secondary N) is 1. The number of hydrogen-bond acceptors (Lipinski definition) is 5. The molecular weight excluding hydrogens is 691 g/mol. The molecule has 7 rings (SSSR count). The number of methoxy groups -OCH3 is 1. The quantitative estimate of drug-likeness (QED) is 0.128. The average molecular weight is 719 g/mol. The molecule has 13 heteroatoms. The van der Waals surface area contributed by atoms with Crippen LogP contribution in [0.4, 0.5) is 27.6 Å². The maximum absolute atomic E-state index is 15.0. The number of alkyl halides is 3. The van der Waals surface area contributed by atoms with Gasteiger partial charge in [0, 0.05) is 45.6 Å². The van der Waals surface area contributed by atoms with Gasteiger partial charge in [-0.2, -0.15) is 18.3 Å². The minimum absolute atomic E-state index is 0.0718. The van der Waals surface area contributed by atoms with E-state index < -0.39 is 40.9 Å². The number of carbonyl (C=O) groups is 1. The van der Waals surface area contributed by atoms with Gasteiger partial charge in [-0.25, -0.2) is 13.6 Å². The Morgan fingerprint density at radius 3 is 2.43 bits per heavy atom. The number of fused-ring (bicyclic) bond motifs is 1. The lowest BCUT2D eigenvalue weighted by Crippen LogP contribution is -2.24. The third-order valence-electron chi connectivity index (χ3n) is 9.18. The van der Waals surface area contributed by atoms with E-state index in [1.807, 2.05) is 16.8 Å². The first-order valence-corrected chi connectivity index (χ1v) is 16.2. The number of ether oxygens (including phenoxy) is 1. The Kier molecular flexibility index (Phi) is 8.69. The van der Waals surface area contributed by atoms with Gasteiger partial charge in [0.15, 0.2) is 5.94 Å². The predicted molar refractivity (Wildman–Crippen MR) is 181 cm³/mol. The number of rotatable bonds is 8. The summed E-state index contributed by atoms with van der Waals surface area (Å²) < 4.78 is 77.5. The standard InChI is InChI=1S/C38H28ClF5N4O3/c1-20-29(23-16-45-48(18-23)27-6-7-27)15-31-33(19-49)47(17-21-3-8-28(51-2)9-4-21)36(30-14-25(40)5-10-32(30)39)34(31)35(20)46-37(50)22-11-24(38(42,43)44)13-26(41)12-22/h3-5,8-16,18,27,36H,6-7,17H2,1-2H3,(H,46,50). The van der Waals surface area contributed by atoms with Crippen molar-refractivity contribution in [2.75, 3.05) is 12.4 Å². The van der Waals surface area contributed by atoms with Crippen molar-refractivity contribution in [3.05, 3.63) is 135 Å². The highest BCUT2D eigenvalue weighted by molar-refractivity contribution is 6.31. The van der Waals surface area contributed by atoms with Gasteiger partial charge in [-0.05, 0) is 91.1 Å². The maximum atomic E-state index is 15.0. The summed E-state index contributed by atoms with van der Waals surface area (Å²) in [4.78, 5) is 28.5. The van der Waals surface area contributed by atoms with Gasteiger partial charge in [0.05, 0.1) is 36.6 Å². The van der Waals surface area contributed by atoms with Crippen LogP contribution in [0.2, 0.25) is 5.02 Å². The SMILES string of the molecule is COc1ccc(CN2C(=C=O)c3cc(-c4cnn(C5CC5)c4)c(C)c(NC(=O)c4cc(F)cc(C(F)(F)F)c4)c3C2c2cc(F)ccc2Cl)cc1. The van der Waals surface area contributed by atoms with Gasteiger partial charge < -0.3 is 15.0 Å². The molecule has 2 aliphatic rings. The fraction of sp³-hybridized carbons (Fsp3) is 0.211. The Labute approximate surface area is 293 Å².